The van der Waals surface area contributed by atoms with Gasteiger partial charge in [0.05, 0.1) is 0 Å². The van der Waals surface area contributed by atoms with Gasteiger partial charge in [0.2, 0.25) is 0 Å². The summed E-state index contributed by atoms with van der Waals surface area (Å²) in [5.41, 5.74) is 5.56. The SMILES string of the molecule is CCCC(N)C(SN)C(=O)O. The first-order valence-electron chi connectivity index (χ1n) is 3.47. The van der Waals surface area contributed by atoms with Crippen LogP contribution in [-0.4, -0.2) is 22.4 Å². The van der Waals surface area contributed by atoms with Crippen LogP contribution in [0.3, 0.4) is 0 Å². The van der Waals surface area contributed by atoms with Crippen LogP contribution in [0.4, 0.5) is 0 Å². The quantitative estimate of drug-likeness (QED) is 0.522. The van der Waals surface area contributed by atoms with Gasteiger partial charge < -0.3 is 10.8 Å². The second-order valence-electron chi connectivity index (χ2n) is 2.35. The lowest BCUT2D eigenvalue weighted by atomic mass is 10.1. The molecule has 0 radical (unpaired) electrons. The standard InChI is InChI=1S/C6H14N2O2S/c1-2-3-4(7)5(11-8)6(9)10/h4-5H,2-3,7-8H2,1H3,(H,9,10). The van der Waals surface area contributed by atoms with E-state index >= 15 is 0 Å². The molecule has 5 heteroatoms. The highest BCUT2D eigenvalue weighted by molar-refractivity contribution is 7.98. The maximum Gasteiger partial charge on any atom is 0.319 e. The van der Waals surface area contributed by atoms with E-state index in [1.807, 2.05) is 6.92 Å². The van der Waals surface area contributed by atoms with Crippen molar-refractivity contribution in [2.45, 2.75) is 31.1 Å². The minimum Gasteiger partial charge on any atom is -0.480 e. The summed E-state index contributed by atoms with van der Waals surface area (Å²) in [7, 11) is 0. The van der Waals surface area contributed by atoms with Crippen molar-refractivity contribution in [3.05, 3.63) is 0 Å². The highest BCUT2D eigenvalue weighted by Gasteiger charge is 2.23. The van der Waals surface area contributed by atoms with Crippen LogP contribution in [0.2, 0.25) is 0 Å². The molecule has 0 aliphatic carbocycles. The second-order valence-corrected chi connectivity index (χ2v) is 3.13. The summed E-state index contributed by atoms with van der Waals surface area (Å²) in [6.07, 6.45) is 1.58. The fourth-order valence-corrected chi connectivity index (χ4v) is 1.28. The van der Waals surface area contributed by atoms with Crippen molar-refractivity contribution in [1.29, 1.82) is 0 Å². The minimum atomic E-state index is -0.932. The molecule has 2 unspecified atom stereocenters. The Kier molecular flexibility index (Phi) is 5.27. The van der Waals surface area contributed by atoms with E-state index in [-0.39, 0.29) is 6.04 Å². The van der Waals surface area contributed by atoms with Crippen LogP contribution in [0, 0.1) is 0 Å². The number of carbonyl (C=O) groups is 1. The van der Waals surface area contributed by atoms with Gasteiger partial charge in [0.25, 0.3) is 0 Å². The molecule has 0 saturated heterocycles. The van der Waals surface area contributed by atoms with Gasteiger partial charge >= 0.3 is 5.97 Å². The molecule has 0 amide bonds. The van der Waals surface area contributed by atoms with E-state index in [0.29, 0.717) is 6.42 Å². The topological polar surface area (TPSA) is 89.3 Å². The van der Waals surface area contributed by atoms with Gasteiger partial charge in [-0.15, -0.1) is 0 Å². The van der Waals surface area contributed by atoms with Crippen LogP contribution >= 0.6 is 11.9 Å². The molecule has 0 aliphatic rings. The van der Waals surface area contributed by atoms with Gasteiger partial charge in [0, 0.05) is 6.04 Å². The Morgan fingerprint density at radius 2 is 2.27 bits per heavy atom. The van der Waals surface area contributed by atoms with E-state index in [1.165, 1.54) is 0 Å². The maximum atomic E-state index is 10.5. The first-order valence-corrected chi connectivity index (χ1v) is 4.41. The zero-order valence-corrected chi connectivity index (χ0v) is 7.30. The summed E-state index contributed by atoms with van der Waals surface area (Å²) in [6.45, 7) is 1.96. The molecule has 0 aromatic carbocycles. The summed E-state index contributed by atoms with van der Waals surface area (Å²) in [4.78, 5) is 10.5. The second kappa shape index (κ2) is 5.40. The van der Waals surface area contributed by atoms with Crippen LogP contribution in [0.15, 0.2) is 0 Å². The van der Waals surface area contributed by atoms with Crippen LogP contribution in [-0.2, 0) is 4.79 Å². The monoisotopic (exact) mass is 178 g/mol. The molecule has 0 bridgehead atoms. The molecule has 0 rings (SSSR count). The third kappa shape index (κ3) is 3.60. The minimum absolute atomic E-state index is 0.340. The Morgan fingerprint density at radius 3 is 2.55 bits per heavy atom. The molecular formula is C6H14N2O2S. The van der Waals surface area contributed by atoms with Crippen LogP contribution < -0.4 is 10.9 Å². The van der Waals surface area contributed by atoms with Gasteiger partial charge in [-0.1, -0.05) is 25.3 Å². The summed E-state index contributed by atoms with van der Waals surface area (Å²) in [5, 5.41) is 13.1. The van der Waals surface area contributed by atoms with Crippen LogP contribution in [0.1, 0.15) is 19.8 Å². The highest BCUT2D eigenvalue weighted by atomic mass is 32.2. The number of nitrogens with two attached hydrogens (primary N) is 2. The smallest absolute Gasteiger partial charge is 0.319 e. The lowest BCUT2D eigenvalue weighted by Gasteiger charge is -2.16. The first-order chi connectivity index (χ1) is 5.13. The third-order valence-electron chi connectivity index (χ3n) is 1.40. The number of hydrogen-bond acceptors (Lipinski definition) is 4. The predicted octanol–water partition coefficient (Wildman–Crippen LogP) is 0.174. The van der Waals surface area contributed by atoms with Crippen molar-refractivity contribution >= 4 is 17.9 Å². The Morgan fingerprint density at radius 1 is 1.73 bits per heavy atom. The van der Waals surface area contributed by atoms with Crippen molar-refractivity contribution in [1.82, 2.24) is 0 Å². The molecule has 4 nitrogen and oxygen atoms in total. The number of carboxylic acid groups (broad SMARTS) is 1. The fourth-order valence-electron chi connectivity index (χ4n) is 0.827. The summed E-state index contributed by atoms with van der Waals surface area (Å²) in [6, 6.07) is -0.340. The summed E-state index contributed by atoms with van der Waals surface area (Å²) in [5.74, 6) is -0.932. The predicted molar refractivity (Wildman–Crippen MR) is 46.1 cm³/mol. The molecule has 11 heavy (non-hydrogen) atoms. The van der Waals surface area contributed by atoms with Gasteiger partial charge in [-0.3, -0.25) is 9.93 Å². The van der Waals surface area contributed by atoms with Gasteiger partial charge in [-0.2, -0.15) is 0 Å². The molecule has 2 atom stereocenters. The van der Waals surface area contributed by atoms with Gasteiger partial charge in [0.15, 0.2) is 0 Å². The Bertz CT molecular complexity index is 132. The van der Waals surface area contributed by atoms with Gasteiger partial charge in [-0.25, -0.2) is 0 Å². The lowest BCUT2D eigenvalue weighted by Crippen LogP contribution is -2.39. The highest BCUT2D eigenvalue weighted by Crippen LogP contribution is 2.10. The zero-order valence-electron chi connectivity index (χ0n) is 6.49. The fraction of sp³-hybridized carbons (Fsp3) is 0.833. The summed E-state index contributed by atoms with van der Waals surface area (Å²) < 4.78 is 0. The third-order valence-corrected chi connectivity index (χ3v) is 2.25. The van der Waals surface area contributed by atoms with E-state index in [9.17, 15) is 4.79 Å². The van der Waals surface area contributed by atoms with E-state index < -0.39 is 11.2 Å². The lowest BCUT2D eigenvalue weighted by molar-refractivity contribution is -0.136. The Hall–Kier alpha value is -0.260. The molecule has 0 spiro atoms. The van der Waals surface area contributed by atoms with E-state index in [4.69, 9.17) is 16.0 Å². The Labute approximate surface area is 70.5 Å². The molecule has 0 aromatic rings. The van der Waals surface area contributed by atoms with Crippen molar-refractivity contribution in [3.8, 4) is 0 Å². The molecular weight excluding hydrogens is 164 g/mol. The molecule has 0 aliphatic heterocycles. The van der Waals surface area contributed by atoms with E-state index in [1.54, 1.807) is 0 Å². The molecule has 0 saturated carbocycles. The number of hydrogen-bond donors (Lipinski definition) is 3. The van der Waals surface area contributed by atoms with Gasteiger partial charge in [0.1, 0.15) is 5.25 Å². The average Bonchev–Trinajstić information content (AvgIpc) is 1.88. The number of carboxylic acids is 1. The molecule has 0 fully saturated rings. The van der Waals surface area contributed by atoms with Crippen molar-refractivity contribution in [2.24, 2.45) is 10.9 Å². The van der Waals surface area contributed by atoms with Gasteiger partial charge in [-0.05, 0) is 6.42 Å². The normalized spacial score (nSPS) is 15.9. The molecule has 0 heterocycles. The van der Waals surface area contributed by atoms with Crippen LogP contribution in [0.5, 0.6) is 0 Å². The largest absolute Gasteiger partial charge is 0.480 e. The van der Waals surface area contributed by atoms with Crippen molar-refractivity contribution in [2.75, 3.05) is 0 Å². The Balaban J connectivity index is 3.91. The molecule has 5 N–H and O–H groups in total. The van der Waals surface area contributed by atoms with Crippen molar-refractivity contribution in [3.63, 3.8) is 0 Å². The maximum absolute atomic E-state index is 10.5. The zero-order chi connectivity index (χ0) is 8.85. The van der Waals surface area contributed by atoms with Crippen LogP contribution in [0.25, 0.3) is 0 Å². The number of rotatable bonds is 5. The molecule has 66 valence electrons. The molecule has 0 aromatic heterocycles. The number of aliphatic carboxylic acids is 1. The average molecular weight is 178 g/mol. The van der Waals surface area contributed by atoms with Crippen molar-refractivity contribution < 1.29 is 9.90 Å². The first kappa shape index (κ1) is 10.7. The summed E-state index contributed by atoms with van der Waals surface area (Å²) >= 11 is 0.802. The van der Waals surface area contributed by atoms with E-state index in [2.05, 4.69) is 0 Å². The van der Waals surface area contributed by atoms with E-state index in [0.717, 1.165) is 18.4 Å².